The predicted octanol–water partition coefficient (Wildman–Crippen LogP) is 5.46. The van der Waals surface area contributed by atoms with Crippen molar-refractivity contribution in [3.8, 4) is 0 Å². The van der Waals surface area contributed by atoms with Crippen LogP contribution in [0.1, 0.15) is 35.7 Å². The molecule has 5 nitrogen and oxygen atoms in total. The van der Waals surface area contributed by atoms with Crippen LogP contribution in [0.5, 0.6) is 0 Å². The maximum atomic E-state index is 12.9. The first-order valence-electron chi connectivity index (χ1n) is 9.88. The highest BCUT2D eigenvalue weighted by Crippen LogP contribution is 2.40. The average Bonchev–Trinajstić information content (AvgIpc) is 2.98. The predicted molar refractivity (Wildman–Crippen MR) is 113 cm³/mol. The van der Waals surface area contributed by atoms with Gasteiger partial charge < -0.3 is 5.32 Å². The molecule has 32 heavy (non-hydrogen) atoms. The minimum absolute atomic E-state index is 0.0391. The molecule has 0 bridgehead atoms. The molecule has 1 heterocycles. The maximum absolute atomic E-state index is 12.9. The fourth-order valence-electron chi connectivity index (χ4n) is 4.05. The number of hydrogen-bond acceptors (Lipinski definition) is 3. The Labute approximate surface area is 186 Å². The van der Waals surface area contributed by atoms with Crippen molar-refractivity contribution in [1.29, 1.82) is 0 Å². The molecule has 1 fully saturated rings. The van der Waals surface area contributed by atoms with E-state index in [1.54, 1.807) is 0 Å². The molecule has 0 unspecified atom stereocenters. The van der Waals surface area contributed by atoms with E-state index in [-0.39, 0.29) is 39.9 Å². The zero-order valence-electron chi connectivity index (χ0n) is 16.9. The number of rotatable bonds is 3. The van der Waals surface area contributed by atoms with Crippen molar-refractivity contribution < 1.29 is 27.6 Å². The molecular formula is C23H18ClF3N2O3. The number of carbonyl (C=O) groups is 3. The van der Waals surface area contributed by atoms with Crippen molar-refractivity contribution in [3.63, 3.8) is 0 Å². The molecule has 2 atom stereocenters. The summed E-state index contributed by atoms with van der Waals surface area (Å²) in [6.45, 7) is 1.93. The molecule has 2 aromatic rings. The van der Waals surface area contributed by atoms with Crippen molar-refractivity contribution in [1.82, 2.24) is 0 Å². The van der Waals surface area contributed by atoms with Crippen molar-refractivity contribution in [3.05, 3.63) is 70.3 Å². The van der Waals surface area contributed by atoms with Gasteiger partial charge in [-0.1, -0.05) is 23.3 Å². The van der Waals surface area contributed by atoms with E-state index in [9.17, 15) is 27.6 Å². The van der Waals surface area contributed by atoms with Gasteiger partial charge in [-0.2, -0.15) is 13.2 Å². The van der Waals surface area contributed by atoms with Gasteiger partial charge in [-0.3, -0.25) is 19.3 Å². The third-order valence-electron chi connectivity index (χ3n) is 5.75. The van der Waals surface area contributed by atoms with E-state index in [2.05, 4.69) is 5.32 Å². The van der Waals surface area contributed by atoms with E-state index in [1.807, 2.05) is 13.0 Å². The Bertz CT molecular complexity index is 1140. The van der Waals surface area contributed by atoms with Gasteiger partial charge in [0.2, 0.25) is 11.8 Å². The first-order valence-corrected chi connectivity index (χ1v) is 10.3. The number of halogens is 4. The molecule has 1 aliphatic carbocycles. The Kier molecular flexibility index (Phi) is 5.58. The van der Waals surface area contributed by atoms with Crippen LogP contribution in [0.3, 0.4) is 0 Å². The molecule has 9 heteroatoms. The standard InChI is InChI=1S/C23H18ClF3N2O3/c1-12-2-8-16-17(10-12)22(32)29(21(16)31)15-6-3-13(4-7-15)20(30)28-19-11-14(23(25,26)27)5-9-18(19)24/h2-7,9,11,16-17H,8,10H2,1H3,(H,28,30)/t16-,17-/m1/s1. The number of amides is 3. The van der Waals surface area contributed by atoms with Gasteiger partial charge in [0.15, 0.2) is 0 Å². The smallest absolute Gasteiger partial charge is 0.321 e. The fraction of sp³-hybridized carbons (Fsp3) is 0.261. The number of hydrogen-bond donors (Lipinski definition) is 1. The van der Waals surface area contributed by atoms with Crippen LogP contribution in [0.15, 0.2) is 54.1 Å². The van der Waals surface area contributed by atoms with Crippen LogP contribution in [-0.2, 0) is 15.8 Å². The first kappa shape index (κ1) is 22.1. The lowest BCUT2D eigenvalue weighted by Gasteiger charge is -2.18. The minimum Gasteiger partial charge on any atom is -0.321 e. The minimum atomic E-state index is -4.58. The maximum Gasteiger partial charge on any atom is 0.416 e. The second-order valence-electron chi connectivity index (χ2n) is 7.91. The number of allylic oxidation sites excluding steroid dienone is 2. The third kappa shape index (κ3) is 4.02. The largest absolute Gasteiger partial charge is 0.416 e. The van der Waals surface area contributed by atoms with E-state index in [4.69, 9.17) is 11.6 Å². The second kappa shape index (κ2) is 8.09. The number of benzene rings is 2. The Morgan fingerprint density at radius 2 is 1.72 bits per heavy atom. The second-order valence-corrected chi connectivity index (χ2v) is 8.32. The molecule has 4 rings (SSSR count). The van der Waals surface area contributed by atoms with E-state index in [1.165, 1.54) is 24.3 Å². The number of carbonyl (C=O) groups excluding carboxylic acids is 3. The van der Waals surface area contributed by atoms with E-state index in [0.717, 1.165) is 28.7 Å². The molecule has 1 saturated heterocycles. The molecule has 1 aliphatic heterocycles. The Hall–Kier alpha value is -3.13. The van der Waals surface area contributed by atoms with E-state index in [0.29, 0.717) is 18.5 Å². The monoisotopic (exact) mass is 462 g/mol. The van der Waals surface area contributed by atoms with Crippen LogP contribution in [0, 0.1) is 11.8 Å². The first-order chi connectivity index (χ1) is 15.1. The molecule has 0 aromatic heterocycles. The van der Waals surface area contributed by atoms with Crippen LogP contribution in [0.25, 0.3) is 0 Å². The molecule has 0 saturated carbocycles. The molecule has 2 aromatic carbocycles. The Morgan fingerprint density at radius 1 is 1.06 bits per heavy atom. The van der Waals surface area contributed by atoms with E-state index >= 15 is 0 Å². The van der Waals surface area contributed by atoms with Crippen molar-refractivity contribution in [2.75, 3.05) is 10.2 Å². The number of nitrogens with zero attached hydrogens (tertiary/aromatic N) is 1. The van der Waals surface area contributed by atoms with Crippen LogP contribution in [0.4, 0.5) is 24.5 Å². The SMILES string of the molecule is CC1=CC[C@H]2C(=O)N(c3ccc(C(=O)Nc4cc(C(F)(F)F)ccc4Cl)cc3)C(=O)[C@@H]2C1. The lowest BCUT2D eigenvalue weighted by Crippen LogP contribution is -2.30. The zero-order valence-corrected chi connectivity index (χ0v) is 17.6. The lowest BCUT2D eigenvalue weighted by atomic mass is 9.82. The van der Waals surface area contributed by atoms with Gasteiger partial charge in [0.05, 0.1) is 33.8 Å². The summed E-state index contributed by atoms with van der Waals surface area (Å²) in [5.41, 5.74) is 0.448. The summed E-state index contributed by atoms with van der Waals surface area (Å²) in [4.78, 5) is 39.2. The molecule has 166 valence electrons. The molecule has 1 N–H and O–H groups in total. The summed E-state index contributed by atoms with van der Waals surface area (Å²) in [7, 11) is 0. The lowest BCUT2D eigenvalue weighted by molar-refractivity contribution is -0.137. The topological polar surface area (TPSA) is 66.5 Å². The van der Waals surface area contributed by atoms with Crippen LogP contribution in [0.2, 0.25) is 5.02 Å². The number of anilines is 2. The number of alkyl halides is 3. The van der Waals surface area contributed by atoms with Gasteiger partial charge in [-0.25, -0.2) is 0 Å². The van der Waals surface area contributed by atoms with Gasteiger partial charge in [0.1, 0.15) is 0 Å². The number of nitrogens with one attached hydrogen (secondary N) is 1. The van der Waals surface area contributed by atoms with Gasteiger partial charge in [-0.05, 0) is 62.2 Å². The summed E-state index contributed by atoms with van der Waals surface area (Å²) in [5, 5.41) is 2.33. The Morgan fingerprint density at radius 3 is 2.38 bits per heavy atom. The normalized spacial score (nSPS) is 20.8. The van der Waals surface area contributed by atoms with Crippen molar-refractivity contribution in [2.45, 2.75) is 25.9 Å². The van der Waals surface area contributed by atoms with Crippen molar-refractivity contribution >= 4 is 40.7 Å². The number of fused-ring (bicyclic) bond motifs is 1. The summed E-state index contributed by atoms with van der Waals surface area (Å²) < 4.78 is 38.8. The van der Waals surface area contributed by atoms with Crippen molar-refractivity contribution in [2.24, 2.45) is 11.8 Å². The van der Waals surface area contributed by atoms with Gasteiger partial charge >= 0.3 is 6.18 Å². The summed E-state index contributed by atoms with van der Waals surface area (Å²) in [6.07, 6.45) is -1.53. The quantitative estimate of drug-likeness (QED) is 0.486. The molecule has 2 aliphatic rings. The highest BCUT2D eigenvalue weighted by Gasteiger charge is 2.48. The average molecular weight is 463 g/mol. The van der Waals surface area contributed by atoms with Gasteiger partial charge in [0, 0.05) is 5.56 Å². The molecule has 3 amide bonds. The van der Waals surface area contributed by atoms with Crippen LogP contribution < -0.4 is 10.2 Å². The summed E-state index contributed by atoms with van der Waals surface area (Å²) in [6, 6.07) is 8.38. The Balaban J connectivity index is 1.52. The summed E-state index contributed by atoms with van der Waals surface area (Å²) >= 11 is 5.92. The van der Waals surface area contributed by atoms with Crippen LogP contribution >= 0.6 is 11.6 Å². The van der Waals surface area contributed by atoms with E-state index < -0.39 is 17.6 Å². The van der Waals surface area contributed by atoms with Gasteiger partial charge in [0.25, 0.3) is 5.91 Å². The molecule has 0 radical (unpaired) electrons. The molecular weight excluding hydrogens is 445 g/mol. The third-order valence-corrected chi connectivity index (χ3v) is 6.08. The summed E-state index contributed by atoms with van der Waals surface area (Å²) in [5.74, 6) is -1.96. The highest BCUT2D eigenvalue weighted by molar-refractivity contribution is 6.34. The van der Waals surface area contributed by atoms with Gasteiger partial charge in [-0.15, -0.1) is 0 Å². The fourth-order valence-corrected chi connectivity index (χ4v) is 4.21. The zero-order chi connectivity index (χ0) is 23.2. The molecule has 0 spiro atoms. The number of imide groups is 1. The highest BCUT2D eigenvalue weighted by atomic mass is 35.5. The van der Waals surface area contributed by atoms with Crippen LogP contribution in [-0.4, -0.2) is 17.7 Å².